The van der Waals surface area contributed by atoms with E-state index < -0.39 is 0 Å². The number of methoxy groups -OCH3 is 2. The molecule has 2 aromatic rings. The Hall–Kier alpha value is -2.37. The van der Waals surface area contributed by atoms with E-state index in [1.54, 1.807) is 38.5 Å². The van der Waals surface area contributed by atoms with Crippen LogP contribution in [0.4, 0.5) is 0 Å². The minimum absolute atomic E-state index is 0.0537. The van der Waals surface area contributed by atoms with Gasteiger partial charge in [-0.15, -0.1) is 0 Å². The predicted octanol–water partition coefficient (Wildman–Crippen LogP) is 2.98. The first-order valence-electron chi connectivity index (χ1n) is 7.77. The summed E-state index contributed by atoms with van der Waals surface area (Å²) in [4.78, 5) is 12.8. The number of carbonyl (C=O) groups excluding carboxylic acids is 1. The number of rotatable bonds is 2. The first-order valence-corrected chi connectivity index (χ1v) is 7.77. The SMILES string of the molecule is COc1ccc2cc1COCCOCc1cc(ccc1OC)C2=O. The Kier molecular flexibility index (Phi) is 5.13. The zero-order chi connectivity index (χ0) is 16.9. The van der Waals surface area contributed by atoms with Gasteiger partial charge in [-0.1, -0.05) is 0 Å². The zero-order valence-electron chi connectivity index (χ0n) is 13.8. The minimum atomic E-state index is -0.0537. The summed E-state index contributed by atoms with van der Waals surface area (Å²) in [5.41, 5.74) is 2.89. The monoisotopic (exact) mass is 328 g/mol. The van der Waals surface area contributed by atoms with Gasteiger partial charge in [0.15, 0.2) is 5.78 Å². The van der Waals surface area contributed by atoms with Gasteiger partial charge < -0.3 is 18.9 Å². The van der Waals surface area contributed by atoms with Crippen molar-refractivity contribution in [2.75, 3.05) is 27.4 Å². The van der Waals surface area contributed by atoms with Crippen LogP contribution in [-0.4, -0.2) is 33.2 Å². The van der Waals surface area contributed by atoms with Crippen molar-refractivity contribution in [3.05, 3.63) is 58.7 Å². The maximum Gasteiger partial charge on any atom is 0.193 e. The average Bonchev–Trinajstić information content (AvgIpc) is 2.63. The summed E-state index contributed by atoms with van der Waals surface area (Å²) in [7, 11) is 3.21. The fraction of sp³-hybridized carbons (Fsp3) is 0.316. The Bertz CT molecular complexity index is 677. The van der Waals surface area contributed by atoms with E-state index in [9.17, 15) is 4.79 Å². The highest BCUT2D eigenvalue weighted by molar-refractivity contribution is 6.09. The second-order valence-corrected chi connectivity index (χ2v) is 5.49. The molecule has 24 heavy (non-hydrogen) atoms. The molecule has 0 saturated heterocycles. The molecule has 0 aromatic heterocycles. The van der Waals surface area contributed by atoms with Crippen LogP contribution in [0.2, 0.25) is 0 Å². The van der Waals surface area contributed by atoms with Gasteiger partial charge in [0.05, 0.1) is 40.6 Å². The van der Waals surface area contributed by atoms with Gasteiger partial charge in [0.2, 0.25) is 0 Å². The van der Waals surface area contributed by atoms with Gasteiger partial charge in [-0.25, -0.2) is 0 Å². The van der Waals surface area contributed by atoms with Crippen LogP contribution < -0.4 is 9.47 Å². The summed E-state index contributed by atoms with van der Waals surface area (Å²) in [6.45, 7) is 1.66. The van der Waals surface area contributed by atoms with Crippen molar-refractivity contribution < 1.29 is 23.7 Å². The summed E-state index contributed by atoms with van der Waals surface area (Å²) in [6.07, 6.45) is 0. The molecule has 0 radical (unpaired) electrons. The summed E-state index contributed by atoms with van der Waals surface area (Å²) in [5, 5.41) is 0. The number of ketones is 1. The summed E-state index contributed by atoms with van der Waals surface area (Å²) in [6, 6.07) is 10.8. The van der Waals surface area contributed by atoms with Gasteiger partial charge in [0.25, 0.3) is 0 Å². The van der Waals surface area contributed by atoms with Crippen LogP contribution in [0.25, 0.3) is 0 Å². The number of ether oxygens (including phenoxy) is 4. The molecule has 0 unspecified atom stereocenters. The predicted molar refractivity (Wildman–Crippen MR) is 88.7 cm³/mol. The fourth-order valence-corrected chi connectivity index (χ4v) is 2.71. The van der Waals surface area contributed by atoms with Crippen LogP contribution in [0.3, 0.4) is 0 Å². The van der Waals surface area contributed by atoms with Crippen LogP contribution in [0.5, 0.6) is 11.5 Å². The van der Waals surface area contributed by atoms with E-state index in [1.165, 1.54) is 0 Å². The number of carbonyl (C=O) groups is 1. The Balaban J connectivity index is 2.04. The molecule has 0 N–H and O–H groups in total. The van der Waals surface area contributed by atoms with Gasteiger partial charge >= 0.3 is 0 Å². The molecule has 5 nitrogen and oxygen atoms in total. The molecular weight excluding hydrogens is 308 g/mol. The molecule has 0 fully saturated rings. The average molecular weight is 328 g/mol. The van der Waals surface area contributed by atoms with Gasteiger partial charge in [0.1, 0.15) is 11.5 Å². The van der Waals surface area contributed by atoms with Gasteiger partial charge in [0, 0.05) is 22.3 Å². The van der Waals surface area contributed by atoms with Crippen molar-refractivity contribution in [3.8, 4) is 11.5 Å². The fourth-order valence-electron chi connectivity index (χ4n) is 2.71. The number of hydrogen-bond acceptors (Lipinski definition) is 5. The molecule has 4 bridgehead atoms. The van der Waals surface area contributed by atoms with Crippen LogP contribution in [0.15, 0.2) is 36.4 Å². The zero-order valence-corrected chi connectivity index (χ0v) is 13.8. The van der Waals surface area contributed by atoms with Crippen molar-refractivity contribution in [2.45, 2.75) is 13.2 Å². The number of fused-ring (bicyclic) bond motifs is 4. The van der Waals surface area contributed by atoms with Crippen molar-refractivity contribution >= 4 is 5.78 Å². The largest absolute Gasteiger partial charge is 0.496 e. The maximum absolute atomic E-state index is 12.8. The molecule has 0 spiro atoms. The highest BCUT2D eigenvalue weighted by atomic mass is 16.5. The molecule has 0 atom stereocenters. The lowest BCUT2D eigenvalue weighted by atomic mass is 9.99. The Morgan fingerprint density at radius 3 is 1.67 bits per heavy atom. The van der Waals surface area contributed by atoms with E-state index in [0.717, 1.165) is 11.1 Å². The normalized spacial score (nSPS) is 15.0. The maximum atomic E-state index is 12.8. The number of benzene rings is 2. The summed E-state index contributed by atoms with van der Waals surface area (Å²) < 4.78 is 22.0. The van der Waals surface area contributed by atoms with Gasteiger partial charge in [-0.3, -0.25) is 4.79 Å². The lowest BCUT2D eigenvalue weighted by Crippen LogP contribution is -2.05. The molecule has 126 valence electrons. The van der Waals surface area contributed by atoms with Crippen LogP contribution in [0.1, 0.15) is 27.0 Å². The lowest BCUT2D eigenvalue weighted by molar-refractivity contribution is 0.0328. The Morgan fingerprint density at radius 1 is 0.792 bits per heavy atom. The standard InChI is InChI=1S/C19H20O5/c1-21-17-5-3-13-9-15(17)11-23-7-8-24-12-16-10-14(19(13)20)4-6-18(16)22-2/h3-6,9-10H,7-8,11-12H2,1-2H3. The first-order chi connectivity index (χ1) is 11.7. The topological polar surface area (TPSA) is 54.0 Å². The third-order valence-electron chi connectivity index (χ3n) is 3.97. The van der Waals surface area contributed by atoms with Crippen LogP contribution >= 0.6 is 0 Å². The molecule has 0 amide bonds. The van der Waals surface area contributed by atoms with Crippen molar-refractivity contribution in [1.29, 1.82) is 0 Å². The minimum Gasteiger partial charge on any atom is -0.496 e. The van der Waals surface area contributed by atoms with Crippen molar-refractivity contribution in [1.82, 2.24) is 0 Å². The molecule has 0 saturated carbocycles. The number of hydrogen-bond donors (Lipinski definition) is 0. The van der Waals surface area contributed by atoms with E-state index in [0.29, 0.717) is 49.1 Å². The van der Waals surface area contributed by atoms with E-state index in [2.05, 4.69) is 0 Å². The van der Waals surface area contributed by atoms with Crippen molar-refractivity contribution in [3.63, 3.8) is 0 Å². The van der Waals surface area contributed by atoms with Crippen LogP contribution in [0, 0.1) is 0 Å². The molecule has 0 aliphatic carbocycles. The lowest BCUT2D eigenvalue weighted by Gasteiger charge is -2.11. The third kappa shape index (κ3) is 3.42. The highest BCUT2D eigenvalue weighted by Gasteiger charge is 2.15. The Labute approximate surface area is 141 Å². The second kappa shape index (κ2) is 7.47. The molecule has 3 rings (SSSR count). The van der Waals surface area contributed by atoms with E-state index in [-0.39, 0.29) is 5.78 Å². The Morgan fingerprint density at radius 2 is 1.25 bits per heavy atom. The third-order valence-corrected chi connectivity index (χ3v) is 3.97. The van der Waals surface area contributed by atoms with E-state index in [4.69, 9.17) is 18.9 Å². The highest BCUT2D eigenvalue weighted by Crippen LogP contribution is 2.26. The summed E-state index contributed by atoms with van der Waals surface area (Å²) in [5.74, 6) is 1.36. The first kappa shape index (κ1) is 16.5. The molecule has 2 aromatic carbocycles. The second-order valence-electron chi connectivity index (χ2n) is 5.49. The quantitative estimate of drug-likeness (QED) is 0.848. The molecular formula is C19H20O5. The van der Waals surface area contributed by atoms with E-state index >= 15 is 0 Å². The van der Waals surface area contributed by atoms with Crippen LogP contribution in [-0.2, 0) is 22.7 Å². The molecule has 1 aliphatic heterocycles. The molecule has 1 heterocycles. The van der Waals surface area contributed by atoms with E-state index in [1.807, 2.05) is 12.1 Å². The van der Waals surface area contributed by atoms with Gasteiger partial charge in [-0.05, 0) is 36.4 Å². The molecule has 5 heteroatoms. The van der Waals surface area contributed by atoms with Gasteiger partial charge in [-0.2, -0.15) is 0 Å². The smallest absolute Gasteiger partial charge is 0.193 e. The molecule has 1 aliphatic rings. The summed E-state index contributed by atoms with van der Waals surface area (Å²) >= 11 is 0. The van der Waals surface area contributed by atoms with Crippen molar-refractivity contribution in [2.24, 2.45) is 0 Å².